The molecule has 1 fully saturated rings. The minimum Gasteiger partial charge on any atom is -0.406 e. The summed E-state index contributed by atoms with van der Waals surface area (Å²) >= 11 is 0. The van der Waals surface area contributed by atoms with Crippen LogP contribution in [0.5, 0.6) is 5.75 Å². The molecule has 4 nitrogen and oxygen atoms in total. The van der Waals surface area contributed by atoms with Crippen molar-refractivity contribution in [2.75, 3.05) is 5.32 Å². The molecule has 1 aliphatic rings. The molecule has 0 radical (unpaired) electrons. The maximum absolute atomic E-state index is 12.0. The summed E-state index contributed by atoms with van der Waals surface area (Å²) in [6.45, 7) is 0. The first kappa shape index (κ1) is 13.7. The van der Waals surface area contributed by atoms with E-state index in [0.717, 1.165) is 25.0 Å². The fourth-order valence-corrected chi connectivity index (χ4v) is 1.63. The van der Waals surface area contributed by atoms with E-state index in [0.29, 0.717) is 0 Å². The van der Waals surface area contributed by atoms with Crippen molar-refractivity contribution >= 4 is 11.6 Å². The molecule has 19 heavy (non-hydrogen) atoms. The summed E-state index contributed by atoms with van der Waals surface area (Å²) in [4.78, 5) is 11.6. The maximum Gasteiger partial charge on any atom is 0.573 e. The Kier molecular flexibility index (Phi) is 3.40. The Hall–Kier alpha value is -1.76. The first-order chi connectivity index (χ1) is 8.76. The number of nitrogens with one attached hydrogen (secondary N) is 1. The lowest BCUT2D eigenvalue weighted by Gasteiger charge is -2.12. The van der Waals surface area contributed by atoms with E-state index in [4.69, 9.17) is 5.73 Å². The number of rotatable bonds is 4. The van der Waals surface area contributed by atoms with Gasteiger partial charge in [-0.2, -0.15) is 0 Å². The van der Waals surface area contributed by atoms with E-state index in [1.165, 1.54) is 12.1 Å². The topological polar surface area (TPSA) is 64.4 Å². The maximum atomic E-state index is 12.0. The summed E-state index contributed by atoms with van der Waals surface area (Å²) in [5.74, 6) is -0.691. The lowest BCUT2D eigenvalue weighted by Crippen LogP contribution is -2.28. The predicted octanol–water partition coefficient (Wildman–Crippen LogP) is 2.41. The molecular formula is C12H13F3N2O2. The van der Waals surface area contributed by atoms with Crippen molar-refractivity contribution in [2.45, 2.75) is 31.2 Å². The highest BCUT2D eigenvalue weighted by Gasteiger charge is 2.40. The largest absolute Gasteiger partial charge is 0.573 e. The average molecular weight is 274 g/mol. The molecule has 1 aromatic rings. The van der Waals surface area contributed by atoms with Crippen molar-refractivity contribution in [3.63, 3.8) is 0 Å². The van der Waals surface area contributed by atoms with Gasteiger partial charge in [-0.15, -0.1) is 13.2 Å². The number of hydrogen-bond acceptors (Lipinski definition) is 3. The molecule has 0 spiro atoms. The number of nitrogens with two attached hydrogens (primary N) is 1. The van der Waals surface area contributed by atoms with Crippen LogP contribution in [-0.4, -0.2) is 17.8 Å². The second-order valence-corrected chi connectivity index (χ2v) is 4.66. The van der Waals surface area contributed by atoms with E-state index in [1.807, 2.05) is 0 Å². The molecule has 104 valence electrons. The van der Waals surface area contributed by atoms with Gasteiger partial charge in [-0.25, -0.2) is 0 Å². The second-order valence-electron chi connectivity index (χ2n) is 4.66. The number of hydrogen-bond donors (Lipinski definition) is 2. The van der Waals surface area contributed by atoms with Gasteiger partial charge in [0.15, 0.2) is 0 Å². The third-order valence-electron chi connectivity index (χ3n) is 2.76. The highest BCUT2D eigenvalue weighted by Crippen LogP contribution is 2.35. The lowest BCUT2D eigenvalue weighted by atomic mass is 10.2. The summed E-state index contributed by atoms with van der Waals surface area (Å²) in [5.41, 5.74) is 5.59. The molecule has 0 aromatic heterocycles. The normalized spacial score (nSPS) is 16.8. The molecule has 0 unspecified atom stereocenters. The highest BCUT2D eigenvalue weighted by atomic mass is 19.4. The zero-order chi connectivity index (χ0) is 14.1. The quantitative estimate of drug-likeness (QED) is 0.886. The van der Waals surface area contributed by atoms with Crippen LogP contribution < -0.4 is 15.8 Å². The fraction of sp³-hybridized carbons (Fsp3) is 0.417. The van der Waals surface area contributed by atoms with Crippen molar-refractivity contribution in [1.29, 1.82) is 0 Å². The summed E-state index contributed by atoms with van der Waals surface area (Å²) < 4.78 is 39.9. The molecule has 7 heteroatoms. The molecule has 0 aliphatic heterocycles. The first-order valence-corrected chi connectivity index (χ1v) is 5.70. The number of anilines is 1. The molecule has 0 heterocycles. The molecule has 2 rings (SSSR count). The average Bonchev–Trinajstić information content (AvgIpc) is 2.93. The van der Waals surface area contributed by atoms with Crippen molar-refractivity contribution < 1.29 is 22.7 Å². The third kappa shape index (κ3) is 4.44. The molecule has 3 N–H and O–H groups in total. The van der Waals surface area contributed by atoms with Gasteiger partial charge in [-0.05, 0) is 25.0 Å². The summed E-state index contributed by atoms with van der Waals surface area (Å²) in [5, 5.41) is 2.50. The molecule has 1 aliphatic carbocycles. The Morgan fingerprint density at radius 3 is 2.68 bits per heavy atom. The van der Waals surface area contributed by atoms with Gasteiger partial charge in [-0.3, -0.25) is 4.79 Å². The van der Waals surface area contributed by atoms with E-state index in [2.05, 4.69) is 10.1 Å². The summed E-state index contributed by atoms with van der Waals surface area (Å²) in [6, 6.07) is 5.12. The van der Waals surface area contributed by atoms with Crippen molar-refractivity contribution in [3.8, 4) is 5.75 Å². The number of ether oxygens (including phenoxy) is 1. The van der Waals surface area contributed by atoms with Crippen LogP contribution in [0.25, 0.3) is 0 Å². The van der Waals surface area contributed by atoms with Gasteiger partial charge in [0.1, 0.15) is 5.75 Å². The van der Waals surface area contributed by atoms with Crippen molar-refractivity contribution in [3.05, 3.63) is 24.3 Å². The summed E-state index contributed by atoms with van der Waals surface area (Å²) in [6.07, 6.45) is -3.01. The van der Waals surface area contributed by atoms with Gasteiger partial charge in [0.2, 0.25) is 5.91 Å². The minimum absolute atomic E-state index is 0.164. The Morgan fingerprint density at radius 1 is 1.42 bits per heavy atom. The Morgan fingerprint density at radius 2 is 2.11 bits per heavy atom. The molecule has 0 atom stereocenters. The fourth-order valence-electron chi connectivity index (χ4n) is 1.63. The van der Waals surface area contributed by atoms with E-state index in [-0.39, 0.29) is 23.8 Å². The molecule has 1 aromatic carbocycles. The van der Waals surface area contributed by atoms with Crippen LogP contribution in [0.1, 0.15) is 19.3 Å². The molecular weight excluding hydrogens is 261 g/mol. The van der Waals surface area contributed by atoms with Crippen molar-refractivity contribution in [1.82, 2.24) is 0 Å². The number of carbonyl (C=O) groups excluding carboxylic acids is 1. The number of halogens is 3. The zero-order valence-corrected chi connectivity index (χ0v) is 9.96. The van der Waals surface area contributed by atoms with Gasteiger partial charge >= 0.3 is 6.36 Å². The number of amides is 1. The van der Waals surface area contributed by atoms with E-state index >= 15 is 0 Å². The van der Waals surface area contributed by atoms with Gasteiger partial charge in [-0.1, -0.05) is 6.07 Å². The molecule has 1 saturated carbocycles. The number of carbonyl (C=O) groups is 1. The van der Waals surface area contributed by atoms with Gasteiger partial charge in [0.05, 0.1) is 0 Å². The molecule has 1 amide bonds. The smallest absolute Gasteiger partial charge is 0.406 e. The molecule has 0 bridgehead atoms. The standard InChI is InChI=1S/C12H13F3N2O2/c13-12(14,15)19-9-3-1-2-8(6-9)17-10(18)7-11(16)4-5-11/h1-3,6H,4-5,7,16H2,(H,17,18). The van der Waals surface area contributed by atoms with Crippen LogP contribution in [0.4, 0.5) is 18.9 Å². The molecule has 0 saturated heterocycles. The van der Waals surface area contributed by atoms with E-state index in [9.17, 15) is 18.0 Å². The number of alkyl halides is 3. The van der Waals surface area contributed by atoms with E-state index in [1.54, 1.807) is 0 Å². The highest BCUT2D eigenvalue weighted by molar-refractivity contribution is 5.91. The van der Waals surface area contributed by atoms with Gasteiger partial charge in [0.25, 0.3) is 0 Å². The zero-order valence-electron chi connectivity index (χ0n) is 9.96. The Labute approximate surface area is 107 Å². The van der Waals surface area contributed by atoms with Gasteiger partial charge < -0.3 is 15.8 Å². The van der Waals surface area contributed by atoms with Crippen LogP contribution in [0.3, 0.4) is 0 Å². The minimum atomic E-state index is -4.75. The van der Waals surface area contributed by atoms with Crippen LogP contribution >= 0.6 is 0 Å². The Bertz CT molecular complexity index is 484. The summed E-state index contributed by atoms with van der Waals surface area (Å²) in [7, 11) is 0. The van der Waals surface area contributed by atoms with Crippen LogP contribution in [0.15, 0.2) is 24.3 Å². The predicted molar refractivity (Wildman–Crippen MR) is 62.5 cm³/mol. The van der Waals surface area contributed by atoms with Crippen molar-refractivity contribution in [2.24, 2.45) is 5.73 Å². The Balaban J connectivity index is 1.96. The number of benzene rings is 1. The lowest BCUT2D eigenvalue weighted by molar-refractivity contribution is -0.274. The third-order valence-corrected chi connectivity index (χ3v) is 2.76. The van der Waals surface area contributed by atoms with Gasteiger partial charge in [0, 0.05) is 23.7 Å². The van der Waals surface area contributed by atoms with Crippen LogP contribution in [0, 0.1) is 0 Å². The van der Waals surface area contributed by atoms with E-state index < -0.39 is 11.9 Å². The van der Waals surface area contributed by atoms with Crippen LogP contribution in [0.2, 0.25) is 0 Å². The second kappa shape index (κ2) is 4.73. The first-order valence-electron chi connectivity index (χ1n) is 5.70. The SMILES string of the molecule is NC1(CC(=O)Nc2cccc(OC(F)(F)F)c2)CC1. The van der Waals surface area contributed by atoms with Crippen LogP contribution in [-0.2, 0) is 4.79 Å². The monoisotopic (exact) mass is 274 g/mol.